The van der Waals surface area contributed by atoms with Crippen molar-refractivity contribution in [3.8, 4) is 28.5 Å². The van der Waals surface area contributed by atoms with Crippen LogP contribution in [-0.4, -0.2) is 66.9 Å². The molecule has 1 atom stereocenters. The molecule has 11 nitrogen and oxygen atoms in total. The summed E-state index contributed by atoms with van der Waals surface area (Å²) in [5.74, 6) is 1.65. The monoisotopic (exact) mass is 590 g/mol. The van der Waals surface area contributed by atoms with Crippen LogP contribution in [0.3, 0.4) is 0 Å². The number of likely N-dealkylation sites (tertiary alicyclic amines) is 1. The van der Waals surface area contributed by atoms with Gasteiger partial charge in [0.25, 0.3) is 5.91 Å². The number of nitrogens with two attached hydrogens (primary N) is 1. The number of fused-ring (bicyclic) bond motifs is 3. The lowest BCUT2D eigenvalue weighted by Crippen LogP contribution is -2.45. The average molecular weight is 591 g/mol. The summed E-state index contributed by atoms with van der Waals surface area (Å²) in [7, 11) is 1.62. The van der Waals surface area contributed by atoms with Crippen molar-refractivity contribution in [2.45, 2.75) is 51.6 Å². The Bertz CT molecular complexity index is 1990. The predicted molar refractivity (Wildman–Crippen MR) is 167 cm³/mol. The zero-order valence-corrected chi connectivity index (χ0v) is 24.8. The minimum Gasteiger partial charge on any atom is -0.482 e. The van der Waals surface area contributed by atoms with Crippen LogP contribution in [0.4, 0.5) is 5.82 Å². The van der Waals surface area contributed by atoms with Crippen LogP contribution < -0.4 is 15.8 Å². The van der Waals surface area contributed by atoms with Gasteiger partial charge in [-0.15, -0.1) is 0 Å². The maximum atomic E-state index is 13.5. The molecule has 3 aliphatic rings. The Morgan fingerprint density at radius 2 is 2.00 bits per heavy atom. The Balaban J connectivity index is 1.25. The fraction of sp³-hybridized carbons (Fsp3) is 0.364. The van der Waals surface area contributed by atoms with Crippen LogP contribution in [0.2, 0.25) is 0 Å². The van der Waals surface area contributed by atoms with Gasteiger partial charge >= 0.3 is 0 Å². The number of imidazole rings is 1. The van der Waals surface area contributed by atoms with Crippen molar-refractivity contribution < 1.29 is 14.3 Å². The maximum Gasteiger partial charge on any atom is 0.254 e. The van der Waals surface area contributed by atoms with E-state index < -0.39 is 0 Å². The molecular weight excluding hydrogens is 556 g/mol. The maximum absolute atomic E-state index is 13.5. The summed E-state index contributed by atoms with van der Waals surface area (Å²) in [6.07, 6.45) is 6.22. The van der Waals surface area contributed by atoms with E-state index in [2.05, 4.69) is 27.0 Å². The van der Waals surface area contributed by atoms with Crippen LogP contribution in [0.25, 0.3) is 39.3 Å². The SMILES string of the molecule is COc1cc(C(=O)N2CCC[C@@H](N)C2)cc2nc(-c3cc4ccc(-c5ccnc6c5CC(=O)N6)nc4n3CC3CC3)c(C)n12. The topological polar surface area (TPSA) is 133 Å². The van der Waals surface area contributed by atoms with Crippen LogP contribution in [0.1, 0.15) is 47.3 Å². The summed E-state index contributed by atoms with van der Waals surface area (Å²) >= 11 is 0. The second-order valence-electron chi connectivity index (χ2n) is 12.3. The third-order valence-corrected chi connectivity index (χ3v) is 9.17. The third kappa shape index (κ3) is 4.41. The number of nitrogens with zero attached hydrogens (tertiary/aromatic N) is 6. The minimum atomic E-state index is -0.0535. The first-order valence-electron chi connectivity index (χ1n) is 15.3. The highest BCUT2D eigenvalue weighted by Crippen LogP contribution is 2.38. The largest absolute Gasteiger partial charge is 0.482 e. The lowest BCUT2D eigenvalue weighted by atomic mass is 10.0. The van der Waals surface area contributed by atoms with Gasteiger partial charge in [-0.2, -0.15) is 0 Å². The van der Waals surface area contributed by atoms with Crippen molar-refractivity contribution in [2.24, 2.45) is 11.7 Å². The molecule has 5 aromatic heterocycles. The van der Waals surface area contributed by atoms with Crippen molar-refractivity contribution in [1.29, 1.82) is 0 Å². The van der Waals surface area contributed by atoms with E-state index in [0.717, 1.165) is 64.3 Å². The van der Waals surface area contributed by atoms with Crippen LogP contribution in [0.5, 0.6) is 5.88 Å². The van der Waals surface area contributed by atoms with E-state index >= 15 is 0 Å². The van der Waals surface area contributed by atoms with Crippen LogP contribution >= 0.6 is 0 Å². The zero-order chi connectivity index (χ0) is 30.1. The molecule has 1 aliphatic carbocycles. The number of carbonyl (C=O) groups is 2. The van der Waals surface area contributed by atoms with E-state index in [1.165, 1.54) is 12.8 Å². The number of carbonyl (C=O) groups excluding carboxylic acids is 2. The average Bonchev–Trinajstić information content (AvgIpc) is 3.53. The molecule has 5 aromatic rings. The molecule has 0 radical (unpaired) electrons. The van der Waals surface area contributed by atoms with Gasteiger partial charge in [0.15, 0.2) is 5.88 Å². The summed E-state index contributed by atoms with van der Waals surface area (Å²) in [4.78, 5) is 42.1. The van der Waals surface area contributed by atoms with Crippen molar-refractivity contribution in [3.63, 3.8) is 0 Å². The fourth-order valence-electron chi connectivity index (χ4n) is 6.74. The number of anilines is 1. The molecule has 2 fully saturated rings. The number of ether oxygens (including phenoxy) is 1. The van der Waals surface area contributed by atoms with Gasteiger partial charge in [0, 0.05) is 60.0 Å². The number of hydrogen-bond donors (Lipinski definition) is 2. The normalized spacial score (nSPS) is 18.2. The summed E-state index contributed by atoms with van der Waals surface area (Å²) in [5, 5.41) is 3.86. The number of piperidine rings is 1. The van der Waals surface area contributed by atoms with Gasteiger partial charge in [0.2, 0.25) is 5.91 Å². The molecule has 0 unspecified atom stereocenters. The van der Waals surface area contributed by atoms with E-state index in [4.69, 9.17) is 20.4 Å². The number of methoxy groups -OCH3 is 1. The van der Waals surface area contributed by atoms with E-state index in [-0.39, 0.29) is 17.9 Å². The summed E-state index contributed by atoms with van der Waals surface area (Å²) in [6, 6.07) is 11.8. The second-order valence-corrected chi connectivity index (χ2v) is 12.3. The Morgan fingerprint density at radius 3 is 2.80 bits per heavy atom. The van der Waals surface area contributed by atoms with Crippen molar-refractivity contribution in [2.75, 3.05) is 25.5 Å². The first-order valence-corrected chi connectivity index (χ1v) is 15.3. The number of hydrogen-bond acceptors (Lipinski definition) is 7. The lowest BCUT2D eigenvalue weighted by molar-refractivity contribution is -0.115. The lowest BCUT2D eigenvalue weighted by Gasteiger charge is -2.30. The molecule has 0 bridgehead atoms. The molecule has 3 N–H and O–H groups in total. The number of aromatic nitrogens is 5. The molecule has 0 spiro atoms. The quantitative estimate of drug-likeness (QED) is 0.303. The molecule has 224 valence electrons. The smallest absolute Gasteiger partial charge is 0.254 e. The molecule has 2 amide bonds. The number of aryl methyl sites for hydroxylation is 1. The molecule has 1 saturated carbocycles. The Labute approximate surface area is 254 Å². The molecule has 7 heterocycles. The van der Waals surface area contributed by atoms with Gasteiger partial charge in [-0.05, 0) is 68.9 Å². The van der Waals surface area contributed by atoms with Gasteiger partial charge in [0.1, 0.15) is 22.8 Å². The Kier molecular flexibility index (Phi) is 6.19. The molecule has 2 aliphatic heterocycles. The fourth-order valence-corrected chi connectivity index (χ4v) is 6.74. The Morgan fingerprint density at radius 1 is 1.14 bits per heavy atom. The number of nitrogens with one attached hydrogen (secondary N) is 1. The summed E-state index contributed by atoms with van der Waals surface area (Å²) in [5.41, 5.74) is 13.6. The standard InChI is InChI=1S/C33H34N8O3/c1-18-30(37-27-13-21(14-29(44-2)41(18)27)33(43)39-11-3-4-22(34)17-39)26-12-20-7-8-25(36-32(20)40(26)16-19-5-6-19)23-9-10-35-31-24(23)15-28(42)38-31/h7-10,12-14,19,22H,3-6,11,15-17,34H2,1-2H3,(H,35,38,42)/t22-/m1/s1. The van der Waals surface area contributed by atoms with Crippen LogP contribution in [0, 0.1) is 12.8 Å². The van der Waals surface area contributed by atoms with Crippen molar-refractivity contribution in [3.05, 3.63) is 59.4 Å². The molecule has 1 saturated heterocycles. The number of amides is 2. The van der Waals surface area contributed by atoms with Gasteiger partial charge in [-0.1, -0.05) is 0 Å². The van der Waals surface area contributed by atoms with Crippen LogP contribution in [-0.2, 0) is 17.8 Å². The van der Waals surface area contributed by atoms with E-state index in [1.807, 2.05) is 34.4 Å². The molecule has 44 heavy (non-hydrogen) atoms. The predicted octanol–water partition coefficient (Wildman–Crippen LogP) is 4.20. The molecule has 8 rings (SSSR count). The highest BCUT2D eigenvalue weighted by atomic mass is 16.5. The van der Waals surface area contributed by atoms with E-state index in [0.29, 0.717) is 48.3 Å². The summed E-state index contributed by atoms with van der Waals surface area (Å²) < 4.78 is 10.1. The van der Waals surface area contributed by atoms with Crippen molar-refractivity contribution >= 4 is 34.3 Å². The molecular formula is C33H34N8O3. The Hall–Kier alpha value is -4.77. The van der Waals surface area contributed by atoms with Gasteiger partial charge < -0.3 is 25.3 Å². The number of rotatable bonds is 6. The van der Waals surface area contributed by atoms with Gasteiger partial charge in [-0.25, -0.2) is 15.0 Å². The van der Waals surface area contributed by atoms with E-state index in [1.54, 1.807) is 19.4 Å². The zero-order valence-electron chi connectivity index (χ0n) is 24.8. The summed E-state index contributed by atoms with van der Waals surface area (Å²) in [6.45, 7) is 4.12. The highest BCUT2D eigenvalue weighted by Gasteiger charge is 2.29. The third-order valence-electron chi connectivity index (χ3n) is 9.17. The van der Waals surface area contributed by atoms with Gasteiger partial charge in [0.05, 0.1) is 30.6 Å². The number of pyridine rings is 3. The minimum absolute atomic E-state index is 0.000236. The van der Waals surface area contributed by atoms with E-state index in [9.17, 15) is 9.59 Å². The highest BCUT2D eigenvalue weighted by molar-refractivity contribution is 6.00. The van der Waals surface area contributed by atoms with Crippen LogP contribution in [0.15, 0.2) is 42.6 Å². The van der Waals surface area contributed by atoms with Gasteiger partial charge in [-0.3, -0.25) is 14.0 Å². The first kappa shape index (κ1) is 26.8. The second kappa shape index (κ2) is 10.2. The first-order chi connectivity index (χ1) is 21.4. The van der Waals surface area contributed by atoms with Crippen molar-refractivity contribution in [1.82, 2.24) is 28.8 Å². The molecule has 0 aromatic carbocycles. The molecule has 11 heteroatoms.